The van der Waals surface area contributed by atoms with E-state index in [1.165, 1.54) is 57.2 Å². The number of carboxylic acids is 1. The summed E-state index contributed by atoms with van der Waals surface area (Å²) in [4.78, 5) is 24.4. The van der Waals surface area contributed by atoms with Gasteiger partial charge in [-0.2, -0.15) is 0 Å². The molecule has 8 heteroatoms. The summed E-state index contributed by atoms with van der Waals surface area (Å²) in [6, 6.07) is 5.55. The molecule has 22 heavy (non-hydrogen) atoms. The number of hydrogen-bond donors (Lipinski definition) is 1. The van der Waals surface area contributed by atoms with Crippen LogP contribution in [-0.4, -0.2) is 62.3 Å². The first-order valence-electron chi connectivity index (χ1n) is 6.58. The molecule has 0 aromatic heterocycles. The Kier molecular flexibility index (Phi) is 5.67. The van der Waals surface area contributed by atoms with E-state index in [0.717, 1.165) is 4.31 Å². The molecule has 0 bridgehead atoms. The Morgan fingerprint density at radius 1 is 1.14 bits per heavy atom. The van der Waals surface area contributed by atoms with Gasteiger partial charge in [0.1, 0.15) is 0 Å². The zero-order valence-corrected chi connectivity index (χ0v) is 13.8. The molecule has 122 valence electrons. The molecule has 0 aliphatic carbocycles. The fourth-order valence-electron chi connectivity index (χ4n) is 1.77. The average Bonchev–Trinajstić information content (AvgIpc) is 2.46. The Morgan fingerprint density at radius 2 is 1.64 bits per heavy atom. The summed E-state index contributed by atoms with van der Waals surface area (Å²) < 4.78 is 25.0. The van der Waals surface area contributed by atoms with Gasteiger partial charge in [0.25, 0.3) is 5.91 Å². The van der Waals surface area contributed by atoms with Crippen LogP contribution in [0.25, 0.3) is 0 Å². The molecular formula is C14H20N2O5S. The van der Waals surface area contributed by atoms with E-state index in [1.807, 2.05) is 0 Å². The Morgan fingerprint density at radius 3 is 2.05 bits per heavy atom. The molecule has 1 unspecified atom stereocenters. The van der Waals surface area contributed by atoms with Gasteiger partial charge in [-0.15, -0.1) is 0 Å². The van der Waals surface area contributed by atoms with E-state index in [-0.39, 0.29) is 17.3 Å². The monoisotopic (exact) mass is 328 g/mol. The number of carbonyl (C=O) groups excluding carboxylic acids is 1. The Bertz CT molecular complexity index is 652. The standard InChI is InChI=1S/C14H20N2O5S/c1-10(14(18)19)9-16(4)13(17)11-5-7-12(8-6-11)22(20,21)15(2)3/h5-8,10H,9H2,1-4H3,(H,18,19). The molecule has 0 fully saturated rings. The van der Waals surface area contributed by atoms with Crippen molar-refractivity contribution in [3.8, 4) is 0 Å². The van der Waals surface area contributed by atoms with Crippen LogP contribution >= 0.6 is 0 Å². The van der Waals surface area contributed by atoms with Crippen molar-refractivity contribution in [1.82, 2.24) is 9.21 Å². The summed E-state index contributed by atoms with van der Waals surface area (Å²) in [6.07, 6.45) is 0. The molecule has 0 spiro atoms. The highest BCUT2D eigenvalue weighted by molar-refractivity contribution is 7.89. The number of hydrogen-bond acceptors (Lipinski definition) is 4. The van der Waals surface area contributed by atoms with Gasteiger partial charge in [0.2, 0.25) is 10.0 Å². The van der Waals surface area contributed by atoms with Crippen LogP contribution in [0.4, 0.5) is 0 Å². The third-order valence-corrected chi connectivity index (χ3v) is 5.03. The van der Waals surface area contributed by atoms with Crippen molar-refractivity contribution >= 4 is 21.9 Å². The van der Waals surface area contributed by atoms with Gasteiger partial charge in [-0.1, -0.05) is 6.92 Å². The van der Waals surface area contributed by atoms with E-state index in [4.69, 9.17) is 5.11 Å². The third kappa shape index (κ3) is 4.05. The summed E-state index contributed by atoms with van der Waals surface area (Å²) in [7, 11) is 0.819. The van der Waals surface area contributed by atoms with Gasteiger partial charge in [0.05, 0.1) is 10.8 Å². The van der Waals surface area contributed by atoms with Crippen LogP contribution in [0.1, 0.15) is 17.3 Å². The quantitative estimate of drug-likeness (QED) is 0.830. The Labute approximate surface area is 130 Å². The smallest absolute Gasteiger partial charge is 0.308 e. The second kappa shape index (κ2) is 6.89. The van der Waals surface area contributed by atoms with Crippen molar-refractivity contribution in [1.29, 1.82) is 0 Å². The molecule has 0 radical (unpaired) electrons. The summed E-state index contributed by atoms with van der Waals surface area (Å²) in [5.74, 6) is -2.02. The molecule has 0 saturated carbocycles. The van der Waals surface area contributed by atoms with E-state index in [0.29, 0.717) is 5.56 Å². The minimum Gasteiger partial charge on any atom is -0.481 e. The molecule has 1 N–H and O–H groups in total. The number of rotatable bonds is 6. The SMILES string of the molecule is CC(CN(C)C(=O)c1ccc(S(=O)(=O)N(C)C)cc1)C(=O)O. The van der Waals surface area contributed by atoms with E-state index in [9.17, 15) is 18.0 Å². The van der Waals surface area contributed by atoms with E-state index in [1.54, 1.807) is 0 Å². The number of nitrogens with zero attached hydrogens (tertiary/aromatic N) is 2. The largest absolute Gasteiger partial charge is 0.481 e. The van der Waals surface area contributed by atoms with Crippen LogP contribution in [-0.2, 0) is 14.8 Å². The first-order valence-corrected chi connectivity index (χ1v) is 8.02. The molecule has 0 saturated heterocycles. The Balaban J connectivity index is 2.91. The zero-order valence-electron chi connectivity index (χ0n) is 13.0. The molecule has 1 aromatic rings. The van der Waals surface area contributed by atoms with Crippen LogP contribution in [0.2, 0.25) is 0 Å². The Hall–Kier alpha value is -1.93. The topological polar surface area (TPSA) is 95.0 Å². The normalized spacial score (nSPS) is 13.0. The highest BCUT2D eigenvalue weighted by atomic mass is 32.2. The molecule has 0 aliphatic heterocycles. The predicted molar refractivity (Wildman–Crippen MR) is 81.1 cm³/mol. The lowest BCUT2D eigenvalue weighted by molar-refractivity contribution is -0.141. The van der Waals surface area contributed by atoms with Gasteiger partial charge in [-0.05, 0) is 24.3 Å². The lowest BCUT2D eigenvalue weighted by Gasteiger charge is -2.19. The minimum absolute atomic E-state index is 0.0753. The first kappa shape index (κ1) is 18.1. The average molecular weight is 328 g/mol. The van der Waals surface area contributed by atoms with Gasteiger partial charge in [0.15, 0.2) is 0 Å². The van der Waals surface area contributed by atoms with Crippen molar-refractivity contribution in [2.75, 3.05) is 27.7 Å². The number of benzene rings is 1. The van der Waals surface area contributed by atoms with Crippen LogP contribution < -0.4 is 0 Å². The summed E-state index contributed by atoms with van der Waals surface area (Å²) >= 11 is 0. The predicted octanol–water partition coefficient (Wildman–Crippen LogP) is 0.730. The van der Waals surface area contributed by atoms with Crippen LogP contribution in [0.15, 0.2) is 29.2 Å². The fraction of sp³-hybridized carbons (Fsp3) is 0.429. The summed E-state index contributed by atoms with van der Waals surface area (Å²) in [5, 5.41) is 8.85. The van der Waals surface area contributed by atoms with Gasteiger partial charge in [-0.3, -0.25) is 9.59 Å². The van der Waals surface area contributed by atoms with Gasteiger partial charge in [-0.25, -0.2) is 12.7 Å². The van der Waals surface area contributed by atoms with Crippen LogP contribution in [0.5, 0.6) is 0 Å². The second-order valence-corrected chi connectivity index (χ2v) is 7.39. The second-order valence-electron chi connectivity index (χ2n) is 5.24. The third-order valence-electron chi connectivity index (χ3n) is 3.20. The molecule has 1 amide bonds. The summed E-state index contributed by atoms with van der Waals surface area (Å²) in [5.41, 5.74) is 0.304. The molecule has 1 atom stereocenters. The number of amides is 1. The molecule has 1 aromatic carbocycles. The number of carboxylic acid groups (broad SMARTS) is 1. The first-order chi connectivity index (χ1) is 10.1. The molecular weight excluding hydrogens is 308 g/mol. The van der Waals surface area contributed by atoms with E-state index < -0.39 is 21.9 Å². The molecule has 0 heterocycles. The van der Waals surface area contributed by atoms with Crippen molar-refractivity contribution in [3.63, 3.8) is 0 Å². The van der Waals surface area contributed by atoms with E-state index in [2.05, 4.69) is 0 Å². The van der Waals surface area contributed by atoms with Crippen molar-refractivity contribution in [2.45, 2.75) is 11.8 Å². The maximum absolute atomic E-state index is 12.2. The summed E-state index contributed by atoms with van der Waals surface area (Å²) in [6.45, 7) is 1.59. The number of aliphatic carboxylic acids is 1. The van der Waals surface area contributed by atoms with Gasteiger partial charge < -0.3 is 10.0 Å². The number of carbonyl (C=O) groups is 2. The number of sulfonamides is 1. The van der Waals surface area contributed by atoms with Crippen molar-refractivity contribution in [3.05, 3.63) is 29.8 Å². The highest BCUT2D eigenvalue weighted by Gasteiger charge is 2.20. The molecule has 1 rings (SSSR count). The lowest BCUT2D eigenvalue weighted by atomic mass is 10.1. The van der Waals surface area contributed by atoms with E-state index >= 15 is 0 Å². The lowest BCUT2D eigenvalue weighted by Crippen LogP contribution is -2.33. The van der Waals surface area contributed by atoms with Crippen molar-refractivity contribution in [2.24, 2.45) is 5.92 Å². The van der Waals surface area contributed by atoms with Crippen LogP contribution in [0, 0.1) is 5.92 Å². The fourth-order valence-corrected chi connectivity index (χ4v) is 2.67. The van der Waals surface area contributed by atoms with Crippen LogP contribution in [0.3, 0.4) is 0 Å². The minimum atomic E-state index is -3.54. The maximum atomic E-state index is 12.2. The van der Waals surface area contributed by atoms with Gasteiger partial charge in [0, 0.05) is 33.3 Å². The maximum Gasteiger partial charge on any atom is 0.308 e. The highest BCUT2D eigenvalue weighted by Crippen LogP contribution is 2.15. The zero-order chi connectivity index (χ0) is 17.1. The van der Waals surface area contributed by atoms with Crippen molar-refractivity contribution < 1.29 is 23.1 Å². The van der Waals surface area contributed by atoms with Gasteiger partial charge >= 0.3 is 5.97 Å². The molecule has 0 aliphatic rings. The molecule has 7 nitrogen and oxygen atoms in total.